The second-order valence-electron chi connectivity index (χ2n) is 8.23. The quantitative estimate of drug-likeness (QED) is 0.574. The molecule has 3 N–H and O–H groups in total. The average Bonchev–Trinajstić information content (AvgIpc) is 2.89. The Labute approximate surface area is 174 Å². The van der Waals surface area contributed by atoms with Gasteiger partial charge in [-0.05, 0) is 44.4 Å². The summed E-state index contributed by atoms with van der Waals surface area (Å²) < 4.78 is 11.5. The molecule has 162 valence electrons. The first-order valence-electron chi connectivity index (χ1n) is 10.6. The topological polar surface area (TPSA) is 81.1 Å². The van der Waals surface area contributed by atoms with Crippen LogP contribution < -0.4 is 25.0 Å². The van der Waals surface area contributed by atoms with Crippen molar-refractivity contribution in [2.45, 2.75) is 53.1 Å². The van der Waals surface area contributed by atoms with Gasteiger partial charge in [-0.25, -0.2) is 0 Å². The van der Waals surface area contributed by atoms with E-state index in [1.807, 2.05) is 39.0 Å². The first kappa shape index (κ1) is 23.0. The van der Waals surface area contributed by atoms with Crippen molar-refractivity contribution in [2.24, 2.45) is 5.92 Å². The van der Waals surface area contributed by atoms with Crippen LogP contribution in [-0.4, -0.2) is 50.7 Å². The van der Waals surface area contributed by atoms with Gasteiger partial charge in [0.1, 0.15) is 0 Å². The lowest BCUT2D eigenvalue weighted by molar-refractivity contribution is -0.881. The third-order valence-corrected chi connectivity index (χ3v) is 4.88. The molecule has 29 heavy (non-hydrogen) atoms. The summed E-state index contributed by atoms with van der Waals surface area (Å²) in [6.07, 6.45) is 0.856. The zero-order chi connectivity index (χ0) is 21.4. The average molecular weight is 407 g/mol. The third-order valence-electron chi connectivity index (χ3n) is 4.88. The van der Waals surface area contributed by atoms with E-state index in [0.29, 0.717) is 26.3 Å². The fourth-order valence-corrected chi connectivity index (χ4v) is 3.37. The van der Waals surface area contributed by atoms with Crippen molar-refractivity contribution < 1.29 is 24.0 Å². The number of benzene rings is 1. The predicted molar refractivity (Wildman–Crippen MR) is 112 cm³/mol. The maximum Gasteiger partial charge on any atom is 0.275 e. The van der Waals surface area contributed by atoms with E-state index >= 15 is 0 Å². The van der Waals surface area contributed by atoms with Gasteiger partial charge in [0, 0.05) is 12.5 Å². The molecular formula is C22H36N3O4+. The minimum atomic E-state index is -0.137. The van der Waals surface area contributed by atoms with Crippen LogP contribution >= 0.6 is 0 Å². The lowest BCUT2D eigenvalue weighted by Gasteiger charge is -2.25. The zero-order valence-corrected chi connectivity index (χ0v) is 18.3. The van der Waals surface area contributed by atoms with Crippen molar-refractivity contribution in [1.29, 1.82) is 0 Å². The van der Waals surface area contributed by atoms with Crippen molar-refractivity contribution in [3.8, 4) is 11.5 Å². The summed E-state index contributed by atoms with van der Waals surface area (Å²) >= 11 is 0. The molecule has 7 nitrogen and oxygen atoms in total. The smallest absolute Gasteiger partial charge is 0.275 e. The number of hydrogen-bond donors (Lipinski definition) is 3. The molecule has 0 aromatic heterocycles. The first-order chi connectivity index (χ1) is 13.8. The maximum absolute atomic E-state index is 12.7. The van der Waals surface area contributed by atoms with Crippen LogP contribution in [0.2, 0.25) is 0 Å². The number of likely N-dealkylation sites (N-methyl/N-ethyl adjacent to an activating group) is 1. The van der Waals surface area contributed by atoms with Gasteiger partial charge < -0.3 is 25.0 Å². The Hall–Kier alpha value is -2.28. The standard InChI is InChI=1S/C22H35N3O4/c1-6-25(13-20(26)23-16(4)5)14-21(27)24-22(15(2)3)17-8-9-18-19(12-17)29-11-7-10-28-18/h8-9,12,15-16,22H,6-7,10-11,13-14H2,1-5H3,(H,23,26)(H,24,27)/p+1/t22-/m0/s1. The number of ether oxygens (including phenoxy) is 2. The fourth-order valence-electron chi connectivity index (χ4n) is 3.37. The summed E-state index contributed by atoms with van der Waals surface area (Å²) in [6.45, 7) is 12.5. The van der Waals surface area contributed by atoms with Crippen LogP contribution in [-0.2, 0) is 9.59 Å². The predicted octanol–water partition coefficient (Wildman–Crippen LogP) is 1.09. The normalized spacial score (nSPS) is 15.6. The number of carbonyl (C=O) groups excluding carboxylic acids is 2. The van der Waals surface area contributed by atoms with E-state index in [1.165, 1.54) is 0 Å². The monoisotopic (exact) mass is 406 g/mol. The maximum atomic E-state index is 12.7. The minimum absolute atomic E-state index is 0.0343. The fraction of sp³-hybridized carbons (Fsp3) is 0.636. The van der Waals surface area contributed by atoms with Gasteiger partial charge in [0.2, 0.25) is 0 Å². The number of fused-ring (bicyclic) bond motifs is 1. The summed E-state index contributed by atoms with van der Waals surface area (Å²) in [5, 5.41) is 6.03. The van der Waals surface area contributed by atoms with Gasteiger partial charge in [-0.15, -0.1) is 0 Å². The van der Waals surface area contributed by atoms with Crippen LogP contribution in [0.5, 0.6) is 11.5 Å². The minimum Gasteiger partial charge on any atom is -0.490 e. The summed E-state index contributed by atoms with van der Waals surface area (Å²) in [4.78, 5) is 25.7. The summed E-state index contributed by atoms with van der Waals surface area (Å²) in [5.41, 5.74) is 0.994. The van der Waals surface area contributed by atoms with E-state index in [1.54, 1.807) is 0 Å². The lowest BCUT2D eigenvalue weighted by Crippen LogP contribution is -3.14. The van der Waals surface area contributed by atoms with Crippen molar-refractivity contribution >= 4 is 11.8 Å². The second kappa shape index (κ2) is 11.0. The number of carbonyl (C=O) groups is 2. The van der Waals surface area contributed by atoms with Gasteiger partial charge in [-0.1, -0.05) is 19.9 Å². The molecule has 0 saturated carbocycles. The number of nitrogens with one attached hydrogen (secondary N) is 3. The Kier molecular flexibility index (Phi) is 8.76. The van der Waals surface area contributed by atoms with Gasteiger partial charge in [0.15, 0.2) is 24.6 Å². The summed E-state index contributed by atoms with van der Waals surface area (Å²) in [5.74, 6) is 1.58. The van der Waals surface area contributed by atoms with Crippen LogP contribution in [0, 0.1) is 5.92 Å². The van der Waals surface area contributed by atoms with Crippen LogP contribution in [0.4, 0.5) is 0 Å². The van der Waals surface area contributed by atoms with Gasteiger partial charge in [-0.2, -0.15) is 0 Å². The highest BCUT2D eigenvalue weighted by Gasteiger charge is 2.24. The van der Waals surface area contributed by atoms with E-state index in [0.717, 1.165) is 28.4 Å². The zero-order valence-electron chi connectivity index (χ0n) is 18.3. The van der Waals surface area contributed by atoms with Crippen molar-refractivity contribution in [3.05, 3.63) is 23.8 Å². The SMILES string of the molecule is CC[NH+](CC(=O)NC(C)C)CC(=O)N[C@H](c1ccc2c(c1)OCCCO2)C(C)C. The Morgan fingerprint density at radius 3 is 2.21 bits per heavy atom. The van der Waals surface area contributed by atoms with Crippen LogP contribution in [0.3, 0.4) is 0 Å². The number of hydrogen-bond acceptors (Lipinski definition) is 4. The van der Waals surface area contributed by atoms with Gasteiger partial charge in [-0.3, -0.25) is 9.59 Å². The highest BCUT2D eigenvalue weighted by Crippen LogP contribution is 2.34. The molecule has 0 aliphatic carbocycles. The van der Waals surface area contributed by atoms with Crippen LogP contribution in [0.25, 0.3) is 0 Å². The molecule has 0 bridgehead atoms. The van der Waals surface area contributed by atoms with Gasteiger partial charge in [0.25, 0.3) is 11.8 Å². The largest absolute Gasteiger partial charge is 0.490 e. The molecule has 1 aromatic rings. The number of rotatable bonds is 9. The molecule has 0 fully saturated rings. The molecule has 1 aliphatic heterocycles. The molecule has 2 amide bonds. The molecule has 0 radical (unpaired) electrons. The van der Waals surface area contributed by atoms with Crippen molar-refractivity contribution in [1.82, 2.24) is 10.6 Å². The third kappa shape index (κ3) is 7.24. The molecule has 7 heteroatoms. The molecule has 1 unspecified atom stereocenters. The lowest BCUT2D eigenvalue weighted by atomic mass is 9.95. The Morgan fingerprint density at radius 2 is 1.62 bits per heavy atom. The molecule has 1 aromatic carbocycles. The second-order valence-corrected chi connectivity index (χ2v) is 8.23. The van der Waals surface area contributed by atoms with Crippen LogP contribution in [0.15, 0.2) is 18.2 Å². The van der Waals surface area contributed by atoms with Crippen molar-refractivity contribution in [2.75, 3.05) is 32.8 Å². The molecule has 1 aliphatic rings. The van der Waals surface area contributed by atoms with E-state index < -0.39 is 0 Å². The van der Waals surface area contributed by atoms with Crippen LogP contribution in [0.1, 0.15) is 52.6 Å². The van der Waals surface area contributed by atoms with Crippen molar-refractivity contribution in [3.63, 3.8) is 0 Å². The molecule has 2 rings (SSSR count). The molecule has 1 heterocycles. The number of amides is 2. The molecule has 2 atom stereocenters. The summed E-state index contributed by atoms with van der Waals surface area (Å²) in [7, 11) is 0. The number of quaternary nitrogens is 1. The first-order valence-corrected chi connectivity index (χ1v) is 10.6. The molecule has 0 spiro atoms. The molecular weight excluding hydrogens is 370 g/mol. The van der Waals surface area contributed by atoms with E-state index in [9.17, 15) is 9.59 Å². The Balaban J connectivity index is 2.03. The van der Waals surface area contributed by atoms with E-state index in [4.69, 9.17) is 9.47 Å². The van der Waals surface area contributed by atoms with Gasteiger partial charge >= 0.3 is 0 Å². The van der Waals surface area contributed by atoms with Gasteiger partial charge in [0.05, 0.1) is 25.8 Å². The highest BCUT2D eigenvalue weighted by atomic mass is 16.5. The Bertz CT molecular complexity index is 691. The summed E-state index contributed by atoms with van der Waals surface area (Å²) in [6, 6.07) is 5.82. The highest BCUT2D eigenvalue weighted by molar-refractivity contribution is 5.79. The van der Waals surface area contributed by atoms with E-state index in [2.05, 4.69) is 24.5 Å². The molecule has 0 saturated heterocycles. The Morgan fingerprint density at radius 1 is 1.00 bits per heavy atom. The van der Waals surface area contributed by atoms with E-state index in [-0.39, 0.29) is 36.4 Å².